The molecule has 7 heteroatoms. The molecule has 0 fully saturated rings. The molecule has 0 amide bonds. The quantitative estimate of drug-likeness (QED) is 0.473. The van der Waals surface area contributed by atoms with E-state index >= 15 is 0 Å². The zero-order valence-electron chi connectivity index (χ0n) is 11.3. The van der Waals surface area contributed by atoms with Gasteiger partial charge in [0, 0.05) is 6.07 Å². The summed E-state index contributed by atoms with van der Waals surface area (Å²) in [6.45, 7) is 3.40. The van der Waals surface area contributed by atoms with Crippen LogP contribution in [0.1, 0.15) is 26.7 Å². The summed E-state index contributed by atoms with van der Waals surface area (Å²) in [5.41, 5.74) is -1.05. The molecule has 0 heterocycles. The van der Waals surface area contributed by atoms with Gasteiger partial charge < -0.3 is 9.84 Å². The summed E-state index contributed by atoms with van der Waals surface area (Å²) in [5, 5.41) is 20.0. The number of aliphatic carboxylic acids is 1. The van der Waals surface area contributed by atoms with E-state index in [0.29, 0.717) is 12.8 Å². The Kier molecular flexibility index (Phi) is 5.33. The van der Waals surface area contributed by atoms with Gasteiger partial charge in [0.15, 0.2) is 0 Å². The molecule has 20 heavy (non-hydrogen) atoms. The number of ether oxygens (including phenoxy) is 1. The second kappa shape index (κ2) is 6.56. The predicted molar refractivity (Wildman–Crippen MR) is 74.3 cm³/mol. The third-order valence-electron chi connectivity index (χ3n) is 2.91. The summed E-state index contributed by atoms with van der Waals surface area (Å²) < 4.78 is 5.34. The largest absolute Gasteiger partial charge is 0.486 e. The third kappa shape index (κ3) is 4.09. The molecule has 0 unspecified atom stereocenters. The molecule has 0 saturated carbocycles. The van der Waals surface area contributed by atoms with Crippen LogP contribution in [0.15, 0.2) is 18.2 Å². The lowest BCUT2D eigenvalue weighted by molar-refractivity contribution is -0.385. The number of carboxylic acid groups (broad SMARTS) is 1. The number of hydrogen-bond donors (Lipinski definition) is 1. The molecule has 6 nitrogen and oxygen atoms in total. The Morgan fingerprint density at radius 2 is 2.15 bits per heavy atom. The summed E-state index contributed by atoms with van der Waals surface area (Å²) >= 11 is 5.87. The lowest BCUT2D eigenvalue weighted by Crippen LogP contribution is -2.24. The first kappa shape index (κ1) is 16.2. The zero-order valence-corrected chi connectivity index (χ0v) is 12.0. The Hall–Kier alpha value is -1.82. The fraction of sp³-hybridized carbons (Fsp3) is 0.462. The van der Waals surface area contributed by atoms with Gasteiger partial charge in [-0.2, -0.15) is 0 Å². The van der Waals surface area contributed by atoms with Crippen LogP contribution in [0.25, 0.3) is 0 Å². The molecule has 0 aliphatic carbocycles. The number of hydrogen-bond acceptors (Lipinski definition) is 4. The lowest BCUT2D eigenvalue weighted by Gasteiger charge is -2.18. The van der Waals surface area contributed by atoms with E-state index in [4.69, 9.17) is 21.4 Å². The highest BCUT2D eigenvalue weighted by Crippen LogP contribution is 2.34. The van der Waals surface area contributed by atoms with Crippen molar-refractivity contribution in [1.29, 1.82) is 0 Å². The SMILES string of the molecule is CC(C)(CCCOc1c(Cl)cccc1[N+](=O)[O-])C(=O)O. The Balaban J connectivity index is 2.63. The van der Waals surface area contributed by atoms with Gasteiger partial charge in [0.1, 0.15) is 0 Å². The molecule has 1 aromatic carbocycles. The minimum Gasteiger partial charge on any atom is -0.486 e. The second-order valence-electron chi connectivity index (χ2n) is 4.99. The molecule has 0 saturated heterocycles. The summed E-state index contributed by atoms with van der Waals surface area (Å²) in [7, 11) is 0. The van der Waals surface area contributed by atoms with Crippen molar-refractivity contribution in [3.05, 3.63) is 33.3 Å². The molecule has 0 radical (unpaired) electrons. The fourth-order valence-electron chi connectivity index (χ4n) is 1.58. The minimum atomic E-state index is -0.888. The normalized spacial score (nSPS) is 11.2. The van der Waals surface area contributed by atoms with E-state index in [9.17, 15) is 14.9 Å². The van der Waals surface area contributed by atoms with Crippen molar-refractivity contribution in [2.45, 2.75) is 26.7 Å². The van der Waals surface area contributed by atoms with Crippen molar-refractivity contribution in [3.63, 3.8) is 0 Å². The van der Waals surface area contributed by atoms with Crippen LogP contribution in [0, 0.1) is 15.5 Å². The first-order valence-electron chi connectivity index (χ1n) is 6.05. The van der Waals surface area contributed by atoms with Gasteiger partial charge >= 0.3 is 11.7 Å². The molecular formula is C13H16ClNO5. The second-order valence-corrected chi connectivity index (χ2v) is 5.39. The minimum absolute atomic E-state index is 0.0206. The van der Waals surface area contributed by atoms with Gasteiger partial charge in [-0.3, -0.25) is 14.9 Å². The average Bonchev–Trinajstić information content (AvgIpc) is 2.35. The molecule has 0 aromatic heterocycles. The standard InChI is InChI=1S/C13H16ClNO5/c1-13(2,12(16)17)7-4-8-20-11-9(14)5-3-6-10(11)15(18)19/h3,5-6H,4,7-8H2,1-2H3,(H,16,17). The number of nitrogens with zero attached hydrogens (tertiary/aromatic N) is 1. The Morgan fingerprint density at radius 1 is 1.50 bits per heavy atom. The summed E-state index contributed by atoms with van der Waals surface area (Å²) in [6.07, 6.45) is 0.863. The number of para-hydroxylation sites is 1. The smallest absolute Gasteiger partial charge is 0.312 e. The van der Waals surface area contributed by atoms with Crippen molar-refractivity contribution in [2.24, 2.45) is 5.41 Å². The highest BCUT2D eigenvalue weighted by molar-refractivity contribution is 6.32. The van der Waals surface area contributed by atoms with Crippen molar-refractivity contribution in [2.75, 3.05) is 6.61 Å². The molecule has 0 spiro atoms. The molecule has 0 atom stereocenters. The molecule has 1 rings (SSSR count). The third-order valence-corrected chi connectivity index (χ3v) is 3.21. The highest BCUT2D eigenvalue weighted by atomic mass is 35.5. The average molecular weight is 302 g/mol. The maximum absolute atomic E-state index is 10.9. The number of rotatable bonds is 7. The van der Waals surface area contributed by atoms with Gasteiger partial charge in [-0.05, 0) is 32.8 Å². The molecule has 1 N–H and O–H groups in total. The molecular weight excluding hydrogens is 286 g/mol. The van der Waals surface area contributed by atoms with Gasteiger partial charge in [0.05, 0.1) is 22.0 Å². The van der Waals surface area contributed by atoms with Crippen molar-refractivity contribution >= 4 is 23.3 Å². The summed E-state index contributed by atoms with van der Waals surface area (Å²) in [4.78, 5) is 21.2. The summed E-state index contributed by atoms with van der Waals surface area (Å²) in [6, 6.07) is 4.29. The van der Waals surface area contributed by atoms with E-state index in [1.165, 1.54) is 18.2 Å². The number of nitro benzene ring substituents is 1. The van der Waals surface area contributed by atoms with Gasteiger partial charge in [-0.25, -0.2) is 0 Å². The highest BCUT2D eigenvalue weighted by Gasteiger charge is 2.26. The number of carbonyl (C=O) groups is 1. The van der Waals surface area contributed by atoms with E-state index in [-0.39, 0.29) is 23.1 Å². The Morgan fingerprint density at radius 3 is 2.70 bits per heavy atom. The van der Waals surface area contributed by atoms with Crippen LogP contribution in [0.3, 0.4) is 0 Å². The van der Waals surface area contributed by atoms with E-state index < -0.39 is 16.3 Å². The molecule has 0 aliphatic rings. The van der Waals surface area contributed by atoms with E-state index in [1.54, 1.807) is 13.8 Å². The van der Waals surface area contributed by atoms with Crippen LogP contribution >= 0.6 is 11.6 Å². The van der Waals surface area contributed by atoms with Crippen molar-refractivity contribution in [3.8, 4) is 5.75 Å². The van der Waals surface area contributed by atoms with Gasteiger partial charge in [-0.1, -0.05) is 17.7 Å². The molecule has 1 aromatic rings. The van der Waals surface area contributed by atoms with Crippen molar-refractivity contribution in [1.82, 2.24) is 0 Å². The molecule has 0 bridgehead atoms. The monoisotopic (exact) mass is 301 g/mol. The van der Waals surface area contributed by atoms with Gasteiger partial charge in [-0.15, -0.1) is 0 Å². The van der Waals surface area contributed by atoms with Crippen LogP contribution in [-0.2, 0) is 4.79 Å². The molecule has 0 aliphatic heterocycles. The van der Waals surface area contributed by atoms with Crippen LogP contribution in [0.5, 0.6) is 5.75 Å². The summed E-state index contributed by atoms with van der Waals surface area (Å²) in [5.74, 6) is -0.867. The fourth-order valence-corrected chi connectivity index (χ4v) is 1.80. The first-order chi connectivity index (χ1) is 9.25. The Labute approximate surface area is 121 Å². The maximum Gasteiger partial charge on any atom is 0.312 e. The van der Waals surface area contributed by atoms with Gasteiger partial charge in [0.2, 0.25) is 5.75 Å². The van der Waals surface area contributed by atoms with E-state index in [0.717, 1.165) is 0 Å². The van der Waals surface area contributed by atoms with Crippen LogP contribution in [0.2, 0.25) is 5.02 Å². The molecule has 110 valence electrons. The lowest BCUT2D eigenvalue weighted by atomic mass is 9.88. The van der Waals surface area contributed by atoms with Gasteiger partial charge in [0.25, 0.3) is 0 Å². The van der Waals surface area contributed by atoms with Crippen molar-refractivity contribution < 1.29 is 19.6 Å². The number of benzene rings is 1. The zero-order chi connectivity index (χ0) is 15.3. The first-order valence-corrected chi connectivity index (χ1v) is 6.42. The van der Waals surface area contributed by atoms with Crippen LogP contribution < -0.4 is 4.74 Å². The number of carboxylic acids is 1. The number of nitro groups is 1. The van der Waals surface area contributed by atoms with Crippen LogP contribution in [0.4, 0.5) is 5.69 Å². The predicted octanol–water partition coefficient (Wildman–Crippen LogP) is 3.52. The van der Waals surface area contributed by atoms with E-state index in [1.807, 2.05) is 0 Å². The van der Waals surface area contributed by atoms with E-state index in [2.05, 4.69) is 0 Å². The topological polar surface area (TPSA) is 89.7 Å². The van der Waals surface area contributed by atoms with Crippen LogP contribution in [-0.4, -0.2) is 22.6 Å². The Bertz CT molecular complexity index is 515. The number of halogens is 1. The maximum atomic E-state index is 10.9.